The lowest BCUT2D eigenvalue weighted by atomic mass is 9.99. The van der Waals surface area contributed by atoms with Crippen LogP contribution in [0.4, 0.5) is 0 Å². The largest absolute Gasteiger partial charge is 0.495 e. The molecular weight excluding hydrogens is 290 g/mol. The van der Waals surface area contributed by atoms with Gasteiger partial charge >= 0.3 is 0 Å². The van der Waals surface area contributed by atoms with Crippen LogP contribution >= 0.6 is 11.6 Å². The highest BCUT2D eigenvalue weighted by molar-refractivity contribution is 6.32. The van der Waals surface area contributed by atoms with Crippen molar-refractivity contribution in [2.24, 2.45) is 5.73 Å². The molecule has 0 bridgehead atoms. The molecule has 6 heteroatoms. The van der Waals surface area contributed by atoms with E-state index in [1.807, 2.05) is 13.8 Å². The van der Waals surface area contributed by atoms with Crippen molar-refractivity contribution in [2.45, 2.75) is 25.8 Å². The number of nitrogens with zero attached hydrogens (tertiary/aromatic N) is 1. The van der Waals surface area contributed by atoms with E-state index >= 15 is 0 Å². The number of H-pyrrole nitrogens is 1. The van der Waals surface area contributed by atoms with Crippen LogP contribution < -0.4 is 16.0 Å². The predicted octanol–water partition coefficient (Wildman–Crippen LogP) is 2.60. The maximum Gasteiger partial charge on any atom is 0.269 e. The molecule has 1 unspecified atom stereocenters. The summed E-state index contributed by atoms with van der Waals surface area (Å²) in [6.07, 6.45) is 0. The zero-order valence-corrected chi connectivity index (χ0v) is 12.9. The van der Waals surface area contributed by atoms with Crippen molar-refractivity contribution in [2.75, 3.05) is 7.11 Å². The minimum Gasteiger partial charge on any atom is -0.495 e. The molecule has 0 fully saturated rings. The van der Waals surface area contributed by atoms with Gasteiger partial charge in [-0.2, -0.15) is 5.10 Å². The molecule has 2 aromatic rings. The molecule has 0 aliphatic heterocycles. The summed E-state index contributed by atoms with van der Waals surface area (Å²) >= 11 is 6.10. The highest BCUT2D eigenvalue weighted by Gasteiger charge is 2.16. The Morgan fingerprint density at radius 1 is 1.33 bits per heavy atom. The molecule has 1 aromatic heterocycles. The second-order valence-corrected chi connectivity index (χ2v) is 5.51. The van der Waals surface area contributed by atoms with Crippen LogP contribution in [0.25, 0.3) is 0 Å². The van der Waals surface area contributed by atoms with E-state index in [1.54, 1.807) is 31.4 Å². The van der Waals surface area contributed by atoms with Gasteiger partial charge in [0.15, 0.2) is 0 Å². The highest BCUT2D eigenvalue weighted by Crippen LogP contribution is 2.28. The van der Waals surface area contributed by atoms with Gasteiger partial charge in [0.25, 0.3) is 5.56 Å². The van der Waals surface area contributed by atoms with Crippen LogP contribution in [-0.4, -0.2) is 17.3 Å². The van der Waals surface area contributed by atoms with Gasteiger partial charge in [-0.1, -0.05) is 31.5 Å². The van der Waals surface area contributed by atoms with Gasteiger partial charge in [-0.25, -0.2) is 5.10 Å². The minimum absolute atomic E-state index is 0.201. The van der Waals surface area contributed by atoms with Crippen LogP contribution in [0.2, 0.25) is 5.02 Å². The molecule has 0 radical (unpaired) electrons. The number of aromatic amines is 1. The standard InChI is InChI=1S/C15H18ClN3O2/c1-8(2)12-7-10(15(20)19-18-12)14(17)9-4-5-13(21-3)11(16)6-9/h4-8,14H,17H2,1-3H3,(H,19,20). The monoisotopic (exact) mass is 307 g/mol. The van der Waals surface area contributed by atoms with Gasteiger partial charge in [-0.3, -0.25) is 4.79 Å². The maximum atomic E-state index is 12.0. The Balaban J connectivity index is 2.44. The number of halogens is 1. The van der Waals surface area contributed by atoms with Crippen molar-refractivity contribution in [3.63, 3.8) is 0 Å². The number of aromatic nitrogens is 2. The Kier molecular flexibility index (Phi) is 4.65. The number of hydrogen-bond donors (Lipinski definition) is 2. The van der Waals surface area contributed by atoms with E-state index in [2.05, 4.69) is 10.2 Å². The average molecular weight is 308 g/mol. The highest BCUT2D eigenvalue weighted by atomic mass is 35.5. The van der Waals surface area contributed by atoms with Gasteiger partial charge in [0.05, 0.1) is 23.9 Å². The van der Waals surface area contributed by atoms with E-state index < -0.39 is 6.04 Å². The second kappa shape index (κ2) is 6.28. The number of nitrogens with two attached hydrogens (primary N) is 1. The molecule has 0 amide bonds. The lowest BCUT2D eigenvalue weighted by molar-refractivity contribution is 0.415. The van der Waals surface area contributed by atoms with E-state index in [9.17, 15) is 4.79 Å². The summed E-state index contributed by atoms with van der Waals surface area (Å²) in [6.45, 7) is 4.00. The molecule has 2 rings (SSSR count). The minimum atomic E-state index is -0.572. The van der Waals surface area contributed by atoms with Crippen LogP contribution in [-0.2, 0) is 0 Å². The molecule has 5 nitrogen and oxygen atoms in total. The molecule has 0 aliphatic carbocycles. The molecule has 1 heterocycles. The van der Waals surface area contributed by atoms with Crippen LogP contribution in [0, 0.1) is 0 Å². The van der Waals surface area contributed by atoms with Gasteiger partial charge in [0.1, 0.15) is 5.75 Å². The summed E-state index contributed by atoms with van der Waals surface area (Å²) in [5.41, 5.74) is 7.91. The lowest BCUT2D eigenvalue weighted by Gasteiger charge is -2.14. The SMILES string of the molecule is COc1ccc(C(N)c2cc(C(C)C)n[nH]c2=O)cc1Cl. The van der Waals surface area contributed by atoms with Crippen molar-refractivity contribution in [3.05, 3.63) is 56.5 Å². The first kappa shape index (κ1) is 15.5. The summed E-state index contributed by atoms with van der Waals surface area (Å²) in [4.78, 5) is 12.0. The normalized spacial score (nSPS) is 12.5. The number of rotatable bonds is 4. The number of nitrogens with one attached hydrogen (secondary N) is 1. The second-order valence-electron chi connectivity index (χ2n) is 5.10. The van der Waals surface area contributed by atoms with E-state index in [0.29, 0.717) is 16.3 Å². The third kappa shape index (κ3) is 3.25. The number of hydrogen-bond acceptors (Lipinski definition) is 4. The quantitative estimate of drug-likeness (QED) is 0.909. The third-order valence-corrected chi connectivity index (χ3v) is 3.61. The molecule has 1 aromatic carbocycles. The molecule has 0 spiro atoms. The number of ether oxygens (including phenoxy) is 1. The average Bonchev–Trinajstić information content (AvgIpc) is 2.46. The van der Waals surface area contributed by atoms with Crippen molar-refractivity contribution in [1.29, 1.82) is 0 Å². The summed E-state index contributed by atoms with van der Waals surface area (Å²) < 4.78 is 5.11. The third-order valence-electron chi connectivity index (χ3n) is 3.31. The predicted molar refractivity (Wildman–Crippen MR) is 83.0 cm³/mol. The number of methoxy groups -OCH3 is 1. The molecular formula is C15H18ClN3O2. The van der Waals surface area contributed by atoms with E-state index in [-0.39, 0.29) is 11.5 Å². The summed E-state index contributed by atoms with van der Waals surface area (Å²) in [5, 5.41) is 6.97. The van der Waals surface area contributed by atoms with E-state index in [0.717, 1.165) is 11.3 Å². The van der Waals surface area contributed by atoms with E-state index in [4.69, 9.17) is 22.1 Å². The number of benzene rings is 1. The fourth-order valence-electron chi connectivity index (χ4n) is 2.02. The zero-order chi connectivity index (χ0) is 15.6. The molecule has 21 heavy (non-hydrogen) atoms. The molecule has 1 atom stereocenters. The fourth-order valence-corrected chi connectivity index (χ4v) is 2.29. The summed E-state index contributed by atoms with van der Waals surface area (Å²) in [6, 6.07) is 6.41. The molecule has 3 N–H and O–H groups in total. The molecule has 0 aliphatic rings. The first-order chi connectivity index (χ1) is 9.93. The van der Waals surface area contributed by atoms with Gasteiger partial charge in [0.2, 0.25) is 0 Å². The van der Waals surface area contributed by atoms with E-state index in [1.165, 1.54) is 0 Å². The summed E-state index contributed by atoms with van der Waals surface area (Å²) in [7, 11) is 1.54. The Hall–Kier alpha value is -1.85. The first-order valence-corrected chi connectivity index (χ1v) is 7.00. The summed E-state index contributed by atoms with van der Waals surface area (Å²) in [5.74, 6) is 0.770. The first-order valence-electron chi connectivity index (χ1n) is 6.62. The van der Waals surface area contributed by atoms with Crippen LogP contribution in [0.5, 0.6) is 5.75 Å². The molecule has 0 saturated carbocycles. The lowest BCUT2D eigenvalue weighted by Crippen LogP contribution is -2.24. The van der Waals surface area contributed by atoms with Gasteiger partial charge in [0, 0.05) is 5.56 Å². The Labute approximate surface area is 128 Å². The fraction of sp³-hybridized carbons (Fsp3) is 0.333. The maximum absolute atomic E-state index is 12.0. The van der Waals surface area contributed by atoms with Crippen LogP contribution in [0.1, 0.15) is 42.6 Å². The topological polar surface area (TPSA) is 81.0 Å². The smallest absolute Gasteiger partial charge is 0.269 e. The van der Waals surface area contributed by atoms with Crippen LogP contribution in [0.15, 0.2) is 29.1 Å². The van der Waals surface area contributed by atoms with Gasteiger partial charge in [-0.15, -0.1) is 0 Å². The molecule has 0 saturated heterocycles. The van der Waals surface area contributed by atoms with Crippen molar-refractivity contribution < 1.29 is 4.74 Å². The van der Waals surface area contributed by atoms with Crippen molar-refractivity contribution >= 4 is 11.6 Å². The van der Waals surface area contributed by atoms with Gasteiger partial charge in [-0.05, 0) is 29.7 Å². The van der Waals surface area contributed by atoms with Crippen molar-refractivity contribution in [1.82, 2.24) is 10.2 Å². The van der Waals surface area contributed by atoms with Gasteiger partial charge < -0.3 is 10.5 Å². The Morgan fingerprint density at radius 3 is 2.62 bits per heavy atom. The van der Waals surface area contributed by atoms with Crippen molar-refractivity contribution in [3.8, 4) is 5.75 Å². The Morgan fingerprint density at radius 2 is 2.05 bits per heavy atom. The molecule has 112 valence electrons. The Bertz CT molecular complexity index is 698. The van der Waals surface area contributed by atoms with Crippen LogP contribution in [0.3, 0.4) is 0 Å². The zero-order valence-electron chi connectivity index (χ0n) is 12.2.